The molecular formula is C7H6N2OS. The van der Waals surface area contributed by atoms with Crippen LogP contribution < -0.4 is 5.32 Å². The minimum atomic E-state index is -0.210. The fourth-order valence-corrected chi connectivity index (χ4v) is 1.09. The molecule has 4 heteroatoms. The van der Waals surface area contributed by atoms with Gasteiger partial charge in [0.1, 0.15) is 0 Å². The van der Waals surface area contributed by atoms with E-state index in [0.717, 1.165) is 0 Å². The molecule has 0 unspecified atom stereocenters. The zero-order valence-corrected chi connectivity index (χ0v) is 6.52. The molecular weight excluding hydrogens is 160 g/mol. The molecule has 0 saturated heterocycles. The van der Waals surface area contributed by atoms with Crippen LogP contribution in [-0.4, -0.2) is 17.4 Å². The summed E-state index contributed by atoms with van der Waals surface area (Å²) in [6, 6.07) is 0. The van der Waals surface area contributed by atoms with Crippen LogP contribution in [0, 0.1) is 12.3 Å². The third kappa shape index (κ3) is 2.06. The minimum Gasteiger partial charge on any atom is -0.339 e. The summed E-state index contributed by atoms with van der Waals surface area (Å²) in [6.07, 6.45) is 6.53. The van der Waals surface area contributed by atoms with Crippen LogP contribution in [-0.2, 0) is 0 Å². The van der Waals surface area contributed by atoms with E-state index in [1.807, 2.05) is 0 Å². The van der Waals surface area contributed by atoms with Crippen molar-refractivity contribution in [3.63, 3.8) is 0 Å². The van der Waals surface area contributed by atoms with Gasteiger partial charge in [0, 0.05) is 11.6 Å². The number of carbonyl (C=O) groups is 1. The van der Waals surface area contributed by atoms with Crippen LogP contribution in [0.4, 0.5) is 0 Å². The van der Waals surface area contributed by atoms with Crippen LogP contribution >= 0.6 is 11.3 Å². The lowest BCUT2D eigenvalue weighted by molar-refractivity contribution is 0.0958. The second kappa shape index (κ2) is 3.74. The quantitative estimate of drug-likeness (QED) is 0.650. The number of nitrogens with one attached hydrogen (secondary N) is 1. The maximum atomic E-state index is 11.0. The second-order valence-electron chi connectivity index (χ2n) is 1.72. The summed E-state index contributed by atoms with van der Waals surface area (Å²) in [4.78, 5) is 14.8. The maximum Gasteiger partial charge on any atom is 0.281 e. The van der Waals surface area contributed by atoms with Gasteiger partial charge in [-0.3, -0.25) is 4.79 Å². The molecule has 1 aromatic rings. The molecule has 0 saturated carbocycles. The number of carbonyl (C=O) groups excluding carboxylic acids is 1. The van der Waals surface area contributed by atoms with Crippen molar-refractivity contribution >= 4 is 17.2 Å². The van der Waals surface area contributed by atoms with Gasteiger partial charge in [-0.15, -0.1) is 17.8 Å². The van der Waals surface area contributed by atoms with Gasteiger partial charge in [-0.1, -0.05) is 5.92 Å². The maximum absolute atomic E-state index is 11.0. The van der Waals surface area contributed by atoms with E-state index >= 15 is 0 Å². The van der Waals surface area contributed by atoms with E-state index in [0.29, 0.717) is 5.01 Å². The lowest BCUT2D eigenvalue weighted by Crippen LogP contribution is -2.23. The van der Waals surface area contributed by atoms with Gasteiger partial charge >= 0.3 is 0 Å². The van der Waals surface area contributed by atoms with Gasteiger partial charge in [0.25, 0.3) is 5.91 Å². The third-order valence-electron chi connectivity index (χ3n) is 0.978. The predicted octanol–water partition coefficient (Wildman–Crippen LogP) is 0.506. The molecule has 11 heavy (non-hydrogen) atoms. The summed E-state index contributed by atoms with van der Waals surface area (Å²) in [7, 11) is 0. The van der Waals surface area contributed by atoms with Crippen LogP contribution in [0.15, 0.2) is 11.6 Å². The fourth-order valence-electron chi connectivity index (χ4n) is 0.543. The summed E-state index contributed by atoms with van der Waals surface area (Å²) in [5.41, 5.74) is 0. The number of aromatic nitrogens is 1. The van der Waals surface area contributed by atoms with Gasteiger partial charge in [-0.25, -0.2) is 4.98 Å². The van der Waals surface area contributed by atoms with Crippen molar-refractivity contribution < 1.29 is 4.79 Å². The van der Waals surface area contributed by atoms with Crippen molar-refractivity contribution in [1.82, 2.24) is 10.3 Å². The van der Waals surface area contributed by atoms with Gasteiger partial charge < -0.3 is 5.32 Å². The van der Waals surface area contributed by atoms with E-state index in [1.54, 1.807) is 11.6 Å². The molecule has 0 radical (unpaired) electrons. The first-order valence-electron chi connectivity index (χ1n) is 2.95. The topological polar surface area (TPSA) is 42.0 Å². The van der Waals surface area contributed by atoms with Crippen molar-refractivity contribution in [2.45, 2.75) is 0 Å². The summed E-state index contributed by atoms with van der Waals surface area (Å²) >= 11 is 1.29. The number of amides is 1. The molecule has 1 amide bonds. The monoisotopic (exact) mass is 166 g/mol. The molecule has 0 aromatic carbocycles. The average Bonchev–Trinajstić information content (AvgIpc) is 2.52. The number of hydrogen-bond acceptors (Lipinski definition) is 3. The normalized spacial score (nSPS) is 8.64. The van der Waals surface area contributed by atoms with Crippen molar-refractivity contribution in [1.29, 1.82) is 0 Å². The van der Waals surface area contributed by atoms with Crippen LogP contribution in [0.5, 0.6) is 0 Å². The molecule has 1 heterocycles. The number of rotatable bonds is 2. The van der Waals surface area contributed by atoms with E-state index in [1.165, 1.54) is 11.3 Å². The Morgan fingerprint density at radius 2 is 2.73 bits per heavy atom. The SMILES string of the molecule is C#CCNC(=O)c1nccs1. The summed E-state index contributed by atoms with van der Waals surface area (Å²) < 4.78 is 0. The molecule has 0 aliphatic heterocycles. The molecule has 0 fully saturated rings. The molecule has 1 rings (SSSR count). The van der Waals surface area contributed by atoms with Crippen LogP contribution in [0.25, 0.3) is 0 Å². The standard InChI is InChI=1S/C7H6N2OS/c1-2-3-8-6(10)7-9-4-5-11-7/h1,4-5H,3H2,(H,8,10). The van der Waals surface area contributed by atoms with E-state index in [9.17, 15) is 4.79 Å². The molecule has 0 aliphatic carbocycles. The molecule has 3 nitrogen and oxygen atoms in total. The van der Waals surface area contributed by atoms with E-state index in [4.69, 9.17) is 6.42 Å². The van der Waals surface area contributed by atoms with Crippen molar-refractivity contribution in [3.8, 4) is 12.3 Å². The van der Waals surface area contributed by atoms with Gasteiger partial charge in [0.05, 0.1) is 6.54 Å². The first-order valence-corrected chi connectivity index (χ1v) is 3.83. The second-order valence-corrected chi connectivity index (χ2v) is 2.62. The lowest BCUT2D eigenvalue weighted by Gasteiger charge is -1.94. The summed E-state index contributed by atoms with van der Waals surface area (Å²) in [6.45, 7) is 0.248. The Morgan fingerprint density at radius 1 is 1.91 bits per heavy atom. The van der Waals surface area contributed by atoms with Crippen molar-refractivity contribution in [3.05, 3.63) is 16.6 Å². The van der Waals surface area contributed by atoms with Crippen molar-refractivity contribution in [2.75, 3.05) is 6.54 Å². The Labute approximate surface area is 68.5 Å². The number of terminal acetylenes is 1. The number of hydrogen-bond donors (Lipinski definition) is 1. The molecule has 0 bridgehead atoms. The highest BCUT2D eigenvalue weighted by atomic mass is 32.1. The summed E-state index contributed by atoms with van der Waals surface area (Å²) in [5.74, 6) is 2.10. The van der Waals surface area contributed by atoms with Gasteiger partial charge in [-0.2, -0.15) is 0 Å². The van der Waals surface area contributed by atoms with Gasteiger partial charge in [0.2, 0.25) is 0 Å². The highest BCUT2D eigenvalue weighted by Crippen LogP contribution is 2.02. The predicted molar refractivity (Wildman–Crippen MR) is 43.3 cm³/mol. The highest BCUT2D eigenvalue weighted by molar-refractivity contribution is 7.11. The van der Waals surface area contributed by atoms with Crippen LogP contribution in [0.3, 0.4) is 0 Å². The molecule has 1 aromatic heterocycles. The number of nitrogens with zero attached hydrogens (tertiary/aromatic N) is 1. The zero-order chi connectivity index (χ0) is 8.10. The van der Waals surface area contributed by atoms with Crippen LogP contribution in [0.1, 0.15) is 9.80 Å². The molecule has 0 atom stereocenters. The third-order valence-corrected chi connectivity index (χ3v) is 1.75. The Hall–Kier alpha value is -1.34. The summed E-state index contributed by atoms with van der Waals surface area (Å²) in [5, 5.41) is 4.69. The van der Waals surface area contributed by atoms with Crippen molar-refractivity contribution in [2.24, 2.45) is 0 Å². The van der Waals surface area contributed by atoms with Gasteiger partial charge in [-0.05, 0) is 0 Å². The zero-order valence-electron chi connectivity index (χ0n) is 5.70. The average molecular weight is 166 g/mol. The highest BCUT2D eigenvalue weighted by Gasteiger charge is 2.04. The van der Waals surface area contributed by atoms with Gasteiger partial charge in [0.15, 0.2) is 5.01 Å². The first-order chi connectivity index (χ1) is 5.34. The fraction of sp³-hybridized carbons (Fsp3) is 0.143. The number of thiazole rings is 1. The molecule has 0 aliphatic rings. The van der Waals surface area contributed by atoms with Crippen LogP contribution in [0.2, 0.25) is 0 Å². The largest absolute Gasteiger partial charge is 0.339 e. The Kier molecular flexibility index (Phi) is 2.64. The Balaban J connectivity index is 2.51. The molecule has 1 N–H and O–H groups in total. The molecule has 0 spiro atoms. The van der Waals surface area contributed by atoms with E-state index in [2.05, 4.69) is 16.2 Å². The Morgan fingerprint density at radius 3 is 3.27 bits per heavy atom. The smallest absolute Gasteiger partial charge is 0.281 e. The van der Waals surface area contributed by atoms with E-state index in [-0.39, 0.29) is 12.5 Å². The lowest BCUT2D eigenvalue weighted by atomic mass is 10.6. The Bertz CT molecular complexity index is 273. The molecule has 56 valence electrons. The first kappa shape index (κ1) is 7.76. The minimum absolute atomic E-state index is 0.210. The van der Waals surface area contributed by atoms with E-state index < -0.39 is 0 Å².